The first-order chi connectivity index (χ1) is 7.50. The lowest BCUT2D eigenvalue weighted by Gasteiger charge is -2.27. The van der Waals surface area contributed by atoms with Crippen molar-refractivity contribution in [3.8, 4) is 5.75 Å². The van der Waals surface area contributed by atoms with E-state index in [0.717, 1.165) is 24.2 Å². The fourth-order valence-corrected chi connectivity index (χ4v) is 1.47. The molecule has 0 aromatic heterocycles. The van der Waals surface area contributed by atoms with Gasteiger partial charge in [0.2, 0.25) is 0 Å². The third kappa shape index (κ3) is 3.24. The van der Waals surface area contributed by atoms with E-state index in [2.05, 4.69) is 33.8 Å². The number of nitrogens with two attached hydrogens (primary N) is 1. The molecule has 0 spiro atoms. The fourth-order valence-electron chi connectivity index (χ4n) is 1.47. The average molecular weight is 221 g/mol. The van der Waals surface area contributed by atoms with E-state index >= 15 is 0 Å². The Morgan fingerprint density at radius 2 is 1.88 bits per heavy atom. The van der Waals surface area contributed by atoms with Gasteiger partial charge in [0.25, 0.3) is 0 Å². The summed E-state index contributed by atoms with van der Waals surface area (Å²) in [5, 5.41) is 0. The Bertz CT molecular complexity index is 333. The molecule has 16 heavy (non-hydrogen) atoms. The molecule has 2 nitrogen and oxygen atoms in total. The number of hydrogen-bond acceptors (Lipinski definition) is 2. The van der Waals surface area contributed by atoms with Crippen LogP contribution in [0.1, 0.15) is 52.1 Å². The summed E-state index contributed by atoms with van der Waals surface area (Å²) in [6.45, 7) is 8.41. The zero-order chi connectivity index (χ0) is 12.2. The van der Waals surface area contributed by atoms with Crippen LogP contribution in [0.5, 0.6) is 5.75 Å². The van der Waals surface area contributed by atoms with Crippen molar-refractivity contribution >= 4 is 0 Å². The molecule has 1 atom stereocenters. The SMILES string of the molecule is CCC(N)c1ccccc1OC(C)(C)CC. The normalized spacial score (nSPS) is 13.6. The molecule has 1 rings (SSSR count). The number of ether oxygens (including phenoxy) is 1. The van der Waals surface area contributed by atoms with Gasteiger partial charge in [0.05, 0.1) is 0 Å². The second kappa shape index (κ2) is 5.35. The Labute approximate surface area is 98.8 Å². The minimum absolute atomic E-state index is 0.0591. The van der Waals surface area contributed by atoms with Crippen molar-refractivity contribution in [1.29, 1.82) is 0 Å². The molecular weight excluding hydrogens is 198 g/mol. The molecule has 0 aliphatic rings. The molecule has 0 radical (unpaired) electrons. The molecule has 0 heterocycles. The zero-order valence-electron chi connectivity index (χ0n) is 10.8. The lowest BCUT2D eigenvalue weighted by molar-refractivity contribution is 0.103. The van der Waals surface area contributed by atoms with Crippen LogP contribution in [-0.2, 0) is 0 Å². The van der Waals surface area contributed by atoms with Crippen molar-refractivity contribution in [2.45, 2.75) is 52.2 Å². The number of hydrogen-bond donors (Lipinski definition) is 1. The number of rotatable bonds is 5. The Kier molecular flexibility index (Phi) is 4.36. The maximum Gasteiger partial charge on any atom is 0.124 e. The molecule has 0 saturated heterocycles. The van der Waals surface area contributed by atoms with E-state index in [1.807, 2.05) is 18.2 Å². The maximum absolute atomic E-state index is 6.08. The Morgan fingerprint density at radius 3 is 2.44 bits per heavy atom. The highest BCUT2D eigenvalue weighted by Crippen LogP contribution is 2.29. The summed E-state index contributed by atoms with van der Waals surface area (Å²) in [6.07, 6.45) is 1.90. The van der Waals surface area contributed by atoms with E-state index < -0.39 is 0 Å². The minimum Gasteiger partial charge on any atom is -0.488 e. The summed E-state index contributed by atoms with van der Waals surface area (Å²) in [6, 6.07) is 8.12. The summed E-state index contributed by atoms with van der Waals surface area (Å²) in [5.74, 6) is 0.920. The van der Waals surface area contributed by atoms with Crippen molar-refractivity contribution in [2.24, 2.45) is 5.73 Å². The Hall–Kier alpha value is -1.02. The minimum atomic E-state index is -0.135. The van der Waals surface area contributed by atoms with Crippen LogP contribution in [-0.4, -0.2) is 5.60 Å². The van der Waals surface area contributed by atoms with Gasteiger partial charge in [-0.2, -0.15) is 0 Å². The maximum atomic E-state index is 6.08. The highest BCUT2D eigenvalue weighted by Gasteiger charge is 2.19. The van der Waals surface area contributed by atoms with Crippen LogP contribution in [0.3, 0.4) is 0 Å². The highest BCUT2D eigenvalue weighted by molar-refractivity contribution is 5.36. The second-order valence-corrected chi connectivity index (χ2v) is 4.77. The first kappa shape index (κ1) is 13.0. The van der Waals surface area contributed by atoms with Gasteiger partial charge < -0.3 is 10.5 Å². The molecule has 0 fully saturated rings. The van der Waals surface area contributed by atoms with Crippen LogP contribution in [0.2, 0.25) is 0 Å². The lowest BCUT2D eigenvalue weighted by atomic mass is 10.0. The third-order valence-electron chi connectivity index (χ3n) is 3.00. The van der Waals surface area contributed by atoms with Crippen molar-refractivity contribution in [3.05, 3.63) is 29.8 Å². The van der Waals surface area contributed by atoms with E-state index in [1.165, 1.54) is 0 Å². The van der Waals surface area contributed by atoms with Gasteiger partial charge >= 0.3 is 0 Å². The van der Waals surface area contributed by atoms with Crippen molar-refractivity contribution < 1.29 is 4.74 Å². The Morgan fingerprint density at radius 1 is 1.25 bits per heavy atom. The molecule has 0 aliphatic heterocycles. The van der Waals surface area contributed by atoms with E-state index in [-0.39, 0.29) is 11.6 Å². The summed E-state index contributed by atoms with van der Waals surface area (Å²) in [7, 11) is 0. The summed E-state index contributed by atoms with van der Waals surface area (Å²) >= 11 is 0. The molecule has 0 bridgehead atoms. The Balaban J connectivity index is 2.95. The van der Waals surface area contributed by atoms with Crippen molar-refractivity contribution in [2.75, 3.05) is 0 Å². The molecule has 2 heteroatoms. The van der Waals surface area contributed by atoms with E-state index in [4.69, 9.17) is 10.5 Å². The van der Waals surface area contributed by atoms with Gasteiger partial charge in [0, 0.05) is 11.6 Å². The molecule has 0 aliphatic carbocycles. The van der Waals surface area contributed by atoms with Crippen LogP contribution >= 0.6 is 0 Å². The molecule has 1 aromatic carbocycles. The lowest BCUT2D eigenvalue weighted by Crippen LogP contribution is -2.28. The molecule has 1 unspecified atom stereocenters. The van der Waals surface area contributed by atoms with Gasteiger partial charge in [-0.3, -0.25) is 0 Å². The largest absolute Gasteiger partial charge is 0.488 e. The average Bonchev–Trinajstić information content (AvgIpc) is 2.28. The predicted octanol–water partition coefficient (Wildman–Crippen LogP) is 3.66. The molecule has 90 valence electrons. The zero-order valence-corrected chi connectivity index (χ0v) is 10.8. The third-order valence-corrected chi connectivity index (χ3v) is 3.00. The van der Waals surface area contributed by atoms with Gasteiger partial charge in [-0.05, 0) is 32.8 Å². The van der Waals surface area contributed by atoms with Gasteiger partial charge in [0.15, 0.2) is 0 Å². The molecule has 1 aromatic rings. The van der Waals surface area contributed by atoms with E-state index in [9.17, 15) is 0 Å². The van der Waals surface area contributed by atoms with Crippen molar-refractivity contribution in [3.63, 3.8) is 0 Å². The first-order valence-electron chi connectivity index (χ1n) is 6.03. The monoisotopic (exact) mass is 221 g/mol. The summed E-state index contributed by atoms with van der Waals surface area (Å²) in [5.41, 5.74) is 7.04. The molecule has 0 saturated carbocycles. The summed E-state index contributed by atoms with van der Waals surface area (Å²) in [4.78, 5) is 0. The molecular formula is C14H23NO. The standard InChI is InChI=1S/C14H23NO/c1-5-12(15)11-9-7-8-10-13(11)16-14(3,4)6-2/h7-10,12H,5-6,15H2,1-4H3. The van der Waals surface area contributed by atoms with Crippen LogP contribution in [0, 0.1) is 0 Å². The van der Waals surface area contributed by atoms with Crippen LogP contribution in [0.25, 0.3) is 0 Å². The predicted molar refractivity (Wildman–Crippen MR) is 68.7 cm³/mol. The van der Waals surface area contributed by atoms with Crippen LogP contribution in [0.15, 0.2) is 24.3 Å². The van der Waals surface area contributed by atoms with Gasteiger partial charge in [-0.25, -0.2) is 0 Å². The molecule has 2 N–H and O–H groups in total. The van der Waals surface area contributed by atoms with E-state index in [0.29, 0.717) is 0 Å². The van der Waals surface area contributed by atoms with Crippen LogP contribution in [0.4, 0.5) is 0 Å². The van der Waals surface area contributed by atoms with Crippen molar-refractivity contribution in [1.82, 2.24) is 0 Å². The van der Waals surface area contributed by atoms with E-state index in [1.54, 1.807) is 0 Å². The fraction of sp³-hybridized carbons (Fsp3) is 0.571. The quantitative estimate of drug-likeness (QED) is 0.823. The van der Waals surface area contributed by atoms with Crippen LogP contribution < -0.4 is 10.5 Å². The highest BCUT2D eigenvalue weighted by atomic mass is 16.5. The second-order valence-electron chi connectivity index (χ2n) is 4.77. The first-order valence-corrected chi connectivity index (χ1v) is 6.03. The smallest absolute Gasteiger partial charge is 0.124 e. The van der Waals surface area contributed by atoms with Gasteiger partial charge in [-0.1, -0.05) is 32.0 Å². The van der Waals surface area contributed by atoms with Gasteiger partial charge in [0.1, 0.15) is 11.4 Å². The number of benzene rings is 1. The topological polar surface area (TPSA) is 35.2 Å². The molecule has 0 amide bonds. The number of para-hydroxylation sites is 1. The van der Waals surface area contributed by atoms with Gasteiger partial charge in [-0.15, -0.1) is 0 Å². The summed E-state index contributed by atoms with van der Waals surface area (Å²) < 4.78 is 6.03.